The lowest BCUT2D eigenvalue weighted by Crippen LogP contribution is -2.30. The van der Waals surface area contributed by atoms with Gasteiger partial charge in [0.2, 0.25) is 0 Å². The second kappa shape index (κ2) is 9.38. The summed E-state index contributed by atoms with van der Waals surface area (Å²) in [7, 11) is 4.03. The largest absolute Gasteiger partial charge is 0.475 e. The first-order valence-electron chi connectivity index (χ1n) is 9.87. The molecule has 144 valence electrons. The molecule has 3 aromatic carbocycles. The molecule has 0 aliphatic rings. The molecular formula is C26H29NO. The maximum Gasteiger partial charge on any atom is 0.149 e. The van der Waals surface area contributed by atoms with Crippen molar-refractivity contribution in [3.8, 4) is 5.75 Å². The molecule has 0 fully saturated rings. The van der Waals surface area contributed by atoms with E-state index < -0.39 is 0 Å². The molecule has 0 aromatic heterocycles. The Morgan fingerprint density at radius 2 is 1.25 bits per heavy atom. The van der Waals surface area contributed by atoms with Crippen molar-refractivity contribution in [2.45, 2.75) is 26.5 Å². The van der Waals surface area contributed by atoms with Gasteiger partial charge in [0.25, 0.3) is 0 Å². The number of hydrogen-bond acceptors (Lipinski definition) is 2. The highest BCUT2D eigenvalue weighted by Gasteiger charge is 2.13. The minimum atomic E-state index is 0.0329. The quantitative estimate of drug-likeness (QED) is 0.355. The number of allylic oxidation sites excluding steroid dienone is 1. The van der Waals surface area contributed by atoms with Crippen LogP contribution in [-0.4, -0.2) is 25.2 Å². The van der Waals surface area contributed by atoms with E-state index in [4.69, 9.17) is 4.74 Å². The molecule has 0 saturated carbocycles. The van der Waals surface area contributed by atoms with Crippen LogP contribution >= 0.6 is 0 Å². The van der Waals surface area contributed by atoms with Gasteiger partial charge in [-0.25, -0.2) is 0 Å². The molecule has 0 aliphatic carbocycles. The van der Waals surface area contributed by atoms with Gasteiger partial charge in [-0.2, -0.15) is 0 Å². The minimum absolute atomic E-state index is 0.0329. The van der Waals surface area contributed by atoms with Gasteiger partial charge in [0.05, 0.1) is 0 Å². The first-order chi connectivity index (χ1) is 13.6. The SMILES string of the molecule is CC/C(=C(\c1ccccc1)c1ccc(O[C@@H](C)N(C)C)cc1)c1ccccc1. The maximum atomic E-state index is 6.00. The molecule has 0 bridgehead atoms. The fourth-order valence-corrected chi connectivity index (χ4v) is 3.29. The van der Waals surface area contributed by atoms with Crippen molar-refractivity contribution >= 4 is 11.1 Å². The molecule has 3 rings (SSSR count). The van der Waals surface area contributed by atoms with Crippen molar-refractivity contribution in [1.82, 2.24) is 4.90 Å². The van der Waals surface area contributed by atoms with E-state index >= 15 is 0 Å². The Morgan fingerprint density at radius 3 is 1.75 bits per heavy atom. The zero-order valence-electron chi connectivity index (χ0n) is 17.2. The topological polar surface area (TPSA) is 12.5 Å². The van der Waals surface area contributed by atoms with E-state index in [1.54, 1.807) is 0 Å². The fourth-order valence-electron chi connectivity index (χ4n) is 3.29. The monoisotopic (exact) mass is 371 g/mol. The van der Waals surface area contributed by atoms with Crippen LogP contribution in [0.25, 0.3) is 11.1 Å². The van der Waals surface area contributed by atoms with Gasteiger partial charge < -0.3 is 4.74 Å². The molecule has 2 nitrogen and oxygen atoms in total. The minimum Gasteiger partial charge on any atom is -0.475 e. The van der Waals surface area contributed by atoms with E-state index in [0.29, 0.717) is 0 Å². The second-order valence-corrected chi connectivity index (χ2v) is 7.14. The average molecular weight is 372 g/mol. The normalized spacial score (nSPS) is 13.2. The Labute approximate surface area is 169 Å². The summed E-state index contributed by atoms with van der Waals surface area (Å²) in [5.74, 6) is 0.884. The highest BCUT2D eigenvalue weighted by atomic mass is 16.5. The van der Waals surface area contributed by atoms with Crippen LogP contribution in [0.3, 0.4) is 0 Å². The lowest BCUT2D eigenvalue weighted by atomic mass is 9.88. The average Bonchev–Trinajstić information content (AvgIpc) is 2.74. The Balaban J connectivity index is 2.07. The maximum absolute atomic E-state index is 6.00. The molecule has 0 aliphatic heterocycles. The third-order valence-electron chi connectivity index (χ3n) is 5.02. The summed E-state index contributed by atoms with van der Waals surface area (Å²) < 4.78 is 6.00. The molecule has 0 heterocycles. The smallest absolute Gasteiger partial charge is 0.149 e. The van der Waals surface area contributed by atoms with Crippen molar-refractivity contribution in [2.24, 2.45) is 0 Å². The Bertz CT molecular complexity index is 896. The van der Waals surface area contributed by atoms with Gasteiger partial charge in [-0.1, -0.05) is 79.7 Å². The molecule has 0 amide bonds. The van der Waals surface area contributed by atoms with Gasteiger partial charge >= 0.3 is 0 Å². The number of hydrogen-bond donors (Lipinski definition) is 0. The summed E-state index contributed by atoms with van der Waals surface area (Å²) in [6.07, 6.45) is 0.995. The molecule has 3 aromatic rings. The van der Waals surface area contributed by atoms with Crippen LogP contribution in [0.5, 0.6) is 5.75 Å². The molecule has 1 atom stereocenters. The highest BCUT2D eigenvalue weighted by molar-refractivity contribution is 5.98. The van der Waals surface area contributed by atoms with E-state index in [0.717, 1.165) is 12.2 Å². The van der Waals surface area contributed by atoms with Crippen LogP contribution in [0.4, 0.5) is 0 Å². The van der Waals surface area contributed by atoms with Crippen molar-refractivity contribution in [1.29, 1.82) is 0 Å². The van der Waals surface area contributed by atoms with Crippen LogP contribution in [0.2, 0.25) is 0 Å². The Hall–Kier alpha value is -2.84. The lowest BCUT2D eigenvalue weighted by molar-refractivity contribution is 0.0815. The zero-order chi connectivity index (χ0) is 19.9. The Morgan fingerprint density at radius 1 is 0.750 bits per heavy atom. The predicted octanol–water partition coefficient (Wildman–Crippen LogP) is 6.34. The molecule has 0 unspecified atom stereocenters. The van der Waals surface area contributed by atoms with E-state index in [2.05, 4.69) is 91.9 Å². The zero-order valence-corrected chi connectivity index (χ0v) is 17.2. The summed E-state index contributed by atoms with van der Waals surface area (Å²) in [5, 5.41) is 0. The molecule has 0 N–H and O–H groups in total. The van der Waals surface area contributed by atoms with Crippen LogP contribution < -0.4 is 4.74 Å². The van der Waals surface area contributed by atoms with Gasteiger partial charge in [0.1, 0.15) is 12.0 Å². The van der Waals surface area contributed by atoms with Gasteiger partial charge in [-0.15, -0.1) is 0 Å². The lowest BCUT2D eigenvalue weighted by Gasteiger charge is -2.21. The molecule has 28 heavy (non-hydrogen) atoms. The van der Waals surface area contributed by atoms with E-state index in [9.17, 15) is 0 Å². The number of nitrogens with zero attached hydrogens (tertiary/aromatic N) is 1. The number of ether oxygens (including phenoxy) is 1. The number of rotatable bonds is 7. The van der Waals surface area contributed by atoms with Crippen LogP contribution in [0.1, 0.15) is 37.0 Å². The van der Waals surface area contributed by atoms with Crippen molar-refractivity contribution in [3.05, 3.63) is 102 Å². The van der Waals surface area contributed by atoms with Crippen LogP contribution in [0, 0.1) is 0 Å². The van der Waals surface area contributed by atoms with E-state index in [1.807, 2.05) is 25.9 Å². The fraction of sp³-hybridized carbons (Fsp3) is 0.231. The second-order valence-electron chi connectivity index (χ2n) is 7.14. The van der Waals surface area contributed by atoms with Crippen LogP contribution in [-0.2, 0) is 0 Å². The molecular weight excluding hydrogens is 342 g/mol. The summed E-state index contributed by atoms with van der Waals surface area (Å²) in [6, 6.07) is 29.8. The Kier molecular flexibility index (Phi) is 6.67. The molecule has 0 saturated heterocycles. The van der Waals surface area contributed by atoms with Crippen molar-refractivity contribution < 1.29 is 4.74 Å². The van der Waals surface area contributed by atoms with Crippen LogP contribution in [0.15, 0.2) is 84.9 Å². The van der Waals surface area contributed by atoms with E-state index in [1.165, 1.54) is 27.8 Å². The van der Waals surface area contributed by atoms with Gasteiger partial charge in [-0.3, -0.25) is 4.90 Å². The van der Waals surface area contributed by atoms with Gasteiger partial charge in [0, 0.05) is 0 Å². The third kappa shape index (κ3) is 4.71. The summed E-state index contributed by atoms with van der Waals surface area (Å²) in [4.78, 5) is 2.05. The van der Waals surface area contributed by atoms with Crippen molar-refractivity contribution in [2.75, 3.05) is 14.1 Å². The first-order valence-corrected chi connectivity index (χ1v) is 9.87. The highest BCUT2D eigenvalue weighted by Crippen LogP contribution is 2.34. The van der Waals surface area contributed by atoms with Gasteiger partial charge in [-0.05, 0) is 67.4 Å². The summed E-state index contributed by atoms with van der Waals surface area (Å²) in [5.41, 5.74) is 6.34. The predicted molar refractivity (Wildman–Crippen MR) is 119 cm³/mol. The summed E-state index contributed by atoms with van der Waals surface area (Å²) in [6.45, 7) is 4.27. The molecule has 0 spiro atoms. The third-order valence-corrected chi connectivity index (χ3v) is 5.02. The number of benzene rings is 3. The first kappa shape index (κ1) is 19.9. The standard InChI is InChI=1S/C26H29NO/c1-5-25(21-12-8-6-9-13-21)26(22-14-10-7-11-15-22)23-16-18-24(19-17-23)28-20(2)27(3)4/h6-20H,5H2,1-4H3/b26-25-/t20-/m0/s1. The summed E-state index contributed by atoms with van der Waals surface area (Å²) >= 11 is 0. The molecule has 2 heteroatoms. The van der Waals surface area contributed by atoms with E-state index in [-0.39, 0.29) is 6.23 Å². The molecule has 0 radical (unpaired) electrons. The van der Waals surface area contributed by atoms with Crippen molar-refractivity contribution in [3.63, 3.8) is 0 Å². The van der Waals surface area contributed by atoms with Gasteiger partial charge in [0.15, 0.2) is 0 Å².